The molecule has 16 heteroatoms. The standard InChI is InChI=1S/C52H89NO14Si/c1-16-37-24-31(2)23-32(3)25-42(62-11)46-43(63-12)27-34(5)52(60,66-46)47(56)48(57)53-22-18-17-19-38(53)49(58)65-45(35(6)39(54)29-51(37,59)30-44(55)64-13)33(4)26-36-20-21-40(41(28-36)61-10)67-68(14,15)50(7,8)9/h24,26,32,34-43,45-46,54,59-60H,16-23,25,27-30H2,1-15H3/b31-24+,33-26+/t32-,34+,35+,36-,37+,38-,39-,40+,41+,42-,43-,45+,46+,51?,52+/m0/s1. The van der Waals surface area contributed by atoms with E-state index in [0.29, 0.717) is 44.1 Å². The first kappa shape index (κ1) is 58.0. The van der Waals surface area contributed by atoms with Crippen molar-refractivity contribution in [3.8, 4) is 0 Å². The first-order chi connectivity index (χ1) is 31.7. The van der Waals surface area contributed by atoms with Gasteiger partial charge in [0.05, 0.1) is 49.7 Å². The van der Waals surface area contributed by atoms with Gasteiger partial charge in [0.25, 0.3) is 11.7 Å². The van der Waals surface area contributed by atoms with Gasteiger partial charge in [-0.1, -0.05) is 66.2 Å². The van der Waals surface area contributed by atoms with Gasteiger partial charge < -0.3 is 53.1 Å². The molecule has 2 bridgehead atoms. The highest BCUT2D eigenvalue weighted by Gasteiger charge is 2.57. The summed E-state index contributed by atoms with van der Waals surface area (Å²) in [5, 5.41) is 37.1. The number of esters is 2. The predicted molar refractivity (Wildman–Crippen MR) is 261 cm³/mol. The zero-order chi connectivity index (χ0) is 51.1. The Bertz CT molecular complexity index is 1780. The minimum atomic E-state index is -2.54. The Morgan fingerprint density at radius 2 is 1.56 bits per heavy atom. The SMILES string of the molecule is CC[C@@H]1/C=C(\C)C[C@H](C)C[C@H](OC)[C@H]2O[C@@](O)(C(=O)C(=O)N3CCCC[C@H]3C(=O)O[C@H](/C(C)=C/[C@@H]3CC[C@@H](O[Si](C)(C)C(C)(C)C)[C@H](OC)C3)[C@H](C)[C@@H](O)CC1(O)CC(=O)OC)[C@H](C)C[C@@H]2OC. The third-order valence-corrected chi connectivity index (χ3v) is 20.7. The number of ketones is 1. The number of aliphatic hydroxyl groups excluding tert-OH is 1. The molecule has 3 heterocycles. The van der Waals surface area contributed by atoms with Crippen molar-refractivity contribution in [2.45, 2.75) is 218 Å². The van der Waals surface area contributed by atoms with E-state index in [4.69, 9.17) is 32.8 Å². The normalized spacial score (nSPS) is 38.9. The number of hydrogen-bond donors (Lipinski definition) is 3. The van der Waals surface area contributed by atoms with Crippen LogP contribution < -0.4 is 0 Å². The van der Waals surface area contributed by atoms with Gasteiger partial charge in [-0.2, -0.15) is 0 Å². The third kappa shape index (κ3) is 13.7. The van der Waals surface area contributed by atoms with Crippen molar-refractivity contribution in [3.63, 3.8) is 0 Å². The maximum atomic E-state index is 14.7. The van der Waals surface area contributed by atoms with Crippen molar-refractivity contribution in [1.29, 1.82) is 0 Å². The van der Waals surface area contributed by atoms with Gasteiger partial charge in [0, 0.05) is 52.0 Å². The average Bonchev–Trinajstić information content (AvgIpc) is 3.28. The summed E-state index contributed by atoms with van der Waals surface area (Å²) in [5.74, 6) is -8.46. The van der Waals surface area contributed by atoms with Crippen molar-refractivity contribution in [3.05, 3.63) is 23.3 Å². The summed E-state index contributed by atoms with van der Waals surface area (Å²) in [6.45, 7) is 22.3. The summed E-state index contributed by atoms with van der Waals surface area (Å²) in [7, 11) is 3.90. The highest BCUT2D eigenvalue weighted by Crippen LogP contribution is 2.43. The van der Waals surface area contributed by atoms with Crippen LogP contribution in [-0.2, 0) is 52.0 Å². The van der Waals surface area contributed by atoms with Crippen LogP contribution >= 0.6 is 0 Å². The largest absolute Gasteiger partial charge is 0.469 e. The van der Waals surface area contributed by atoms with Crippen LogP contribution in [0.1, 0.15) is 139 Å². The Hall–Kier alpha value is -2.54. The lowest BCUT2D eigenvalue weighted by atomic mass is 9.74. The number of hydrogen-bond acceptors (Lipinski definition) is 14. The first-order valence-electron chi connectivity index (χ1n) is 25.3. The van der Waals surface area contributed by atoms with Gasteiger partial charge in [0.2, 0.25) is 5.79 Å². The second kappa shape index (κ2) is 24.2. The number of carbonyl (C=O) groups is 4. The molecule has 0 aromatic rings. The molecule has 0 spiro atoms. The van der Waals surface area contributed by atoms with E-state index >= 15 is 0 Å². The van der Waals surface area contributed by atoms with Gasteiger partial charge in [0.1, 0.15) is 18.2 Å². The highest BCUT2D eigenvalue weighted by molar-refractivity contribution is 6.74. The van der Waals surface area contributed by atoms with Crippen LogP contribution in [0, 0.1) is 29.6 Å². The molecule has 0 aromatic carbocycles. The molecule has 1 aliphatic carbocycles. The summed E-state index contributed by atoms with van der Waals surface area (Å²) in [5.41, 5.74) is -0.171. The Morgan fingerprint density at radius 1 is 0.926 bits per heavy atom. The van der Waals surface area contributed by atoms with Crippen molar-refractivity contribution in [2.24, 2.45) is 29.6 Å². The molecule has 1 unspecified atom stereocenters. The number of cyclic esters (lactones) is 1. The number of ether oxygens (including phenoxy) is 6. The molecule has 390 valence electrons. The molecular weight excluding hydrogens is 891 g/mol. The molecular formula is C52H89NO14Si. The minimum Gasteiger partial charge on any atom is -0.469 e. The van der Waals surface area contributed by atoms with Crippen LogP contribution in [-0.4, -0.2) is 147 Å². The number of methoxy groups -OCH3 is 4. The summed E-state index contributed by atoms with van der Waals surface area (Å²) >= 11 is 0. The molecule has 4 aliphatic rings. The lowest BCUT2D eigenvalue weighted by Gasteiger charge is -2.47. The predicted octanol–water partition coefficient (Wildman–Crippen LogP) is 7.23. The monoisotopic (exact) mass is 980 g/mol. The second-order valence-corrected chi connectivity index (χ2v) is 27.2. The molecule has 0 aromatic heterocycles. The van der Waals surface area contributed by atoms with E-state index in [-0.39, 0.29) is 61.3 Å². The van der Waals surface area contributed by atoms with Gasteiger partial charge in [-0.25, -0.2) is 4.79 Å². The van der Waals surface area contributed by atoms with E-state index < -0.39 is 97.6 Å². The van der Waals surface area contributed by atoms with E-state index in [1.165, 1.54) is 26.2 Å². The maximum absolute atomic E-state index is 14.7. The van der Waals surface area contributed by atoms with Gasteiger partial charge in [0.15, 0.2) is 8.32 Å². The second-order valence-electron chi connectivity index (χ2n) is 22.4. The summed E-state index contributed by atoms with van der Waals surface area (Å²) < 4.78 is 42.6. The molecule has 4 rings (SSSR count). The zero-order valence-corrected chi connectivity index (χ0v) is 45.1. The number of fused-ring (bicyclic) bond motifs is 3. The molecule has 3 N–H and O–H groups in total. The summed E-state index contributed by atoms with van der Waals surface area (Å²) in [6.07, 6.45) is 3.70. The topological polar surface area (TPSA) is 197 Å². The van der Waals surface area contributed by atoms with E-state index in [1.807, 2.05) is 33.8 Å². The Balaban J connectivity index is 1.83. The molecule has 3 fully saturated rings. The number of carbonyl (C=O) groups excluding carboxylic acids is 4. The molecule has 1 saturated carbocycles. The molecule has 0 radical (unpaired) electrons. The first-order valence-corrected chi connectivity index (χ1v) is 28.2. The van der Waals surface area contributed by atoms with Crippen LogP contribution in [0.5, 0.6) is 0 Å². The smallest absolute Gasteiger partial charge is 0.329 e. The quantitative estimate of drug-likeness (QED) is 0.0858. The fraction of sp³-hybridized carbons (Fsp3) is 0.846. The van der Waals surface area contributed by atoms with E-state index in [9.17, 15) is 34.5 Å². The van der Waals surface area contributed by atoms with Crippen molar-refractivity contribution in [2.75, 3.05) is 35.0 Å². The highest BCUT2D eigenvalue weighted by atomic mass is 28.4. The van der Waals surface area contributed by atoms with E-state index in [2.05, 4.69) is 39.9 Å². The number of nitrogens with zero attached hydrogens (tertiary/aromatic N) is 1. The lowest BCUT2D eigenvalue weighted by molar-refractivity contribution is -0.302. The number of piperidine rings is 1. The summed E-state index contributed by atoms with van der Waals surface area (Å²) in [6, 6.07) is -1.18. The molecule has 68 heavy (non-hydrogen) atoms. The number of rotatable bonds is 10. The van der Waals surface area contributed by atoms with Gasteiger partial charge in [-0.3, -0.25) is 14.4 Å². The maximum Gasteiger partial charge on any atom is 0.329 e. The van der Waals surface area contributed by atoms with Gasteiger partial charge in [-0.15, -0.1) is 0 Å². The van der Waals surface area contributed by atoms with E-state index in [1.54, 1.807) is 21.0 Å². The van der Waals surface area contributed by atoms with Gasteiger partial charge in [-0.05, 0) is 114 Å². The fourth-order valence-electron chi connectivity index (χ4n) is 11.0. The van der Waals surface area contributed by atoms with Crippen molar-refractivity contribution in [1.82, 2.24) is 4.90 Å². The number of allylic oxidation sites excluding steroid dienone is 2. The number of amides is 1. The average molecular weight is 980 g/mol. The number of Topliss-reactive ketones (excluding diaryl/α,β-unsaturated/α-hetero) is 1. The Morgan fingerprint density at radius 3 is 2.15 bits per heavy atom. The minimum absolute atomic E-state index is 0.00600. The zero-order valence-electron chi connectivity index (χ0n) is 44.1. The Kier molecular flexibility index (Phi) is 20.7. The molecule has 2 saturated heterocycles. The molecule has 15 atom stereocenters. The number of aliphatic hydroxyl groups is 3. The Labute approximate surface area is 408 Å². The fourth-order valence-corrected chi connectivity index (χ4v) is 12.3. The van der Waals surface area contributed by atoms with Crippen molar-refractivity contribution < 1.29 is 67.3 Å². The van der Waals surface area contributed by atoms with Gasteiger partial charge >= 0.3 is 11.9 Å². The molecule has 15 nitrogen and oxygen atoms in total. The third-order valence-electron chi connectivity index (χ3n) is 16.2. The van der Waals surface area contributed by atoms with Crippen LogP contribution in [0.15, 0.2) is 23.3 Å². The lowest BCUT2D eigenvalue weighted by Crippen LogP contribution is -2.64. The van der Waals surface area contributed by atoms with Crippen LogP contribution in [0.2, 0.25) is 18.1 Å². The van der Waals surface area contributed by atoms with E-state index in [0.717, 1.165) is 18.4 Å². The molecule has 3 aliphatic heterocycles. The molecule has 1 amide bonds. The summed E-state index contributed by atoms with van der Waals surface area (Å²) in [4.78, 5) is 57.9. The van der Waals surface area contributed by atoms with Crippen LogP contribution in [0.3, 0.4) is 0 Å². The van der Waals surface area contributed by atoms with Crippen LogP contribution in [0.4, 0.5) is 0 Å². The van der Waals surface area contributed by atoms with Crippen molar-refractivity contribution >= 4 is 31.9 Å². The van der Waals surface area contributed by atoms with Crippen LogP contribution in [0.25, 0.3) is 0 Å².